The Morgan fingerprint density at radius 1 is 0.541 bits per heavy atom. The van der Waals surface area contributed by atoms with E-state index >= 15 is 0 Å². The summed E-state index contributed by atoms with van der Waals surface area (Å²) in [5.41, 5.74) is 12.2. The van der Waals surface area contributed by atoms with Crippen LogP contribution in [0.3, 0.4) is 0 Å². The summed E-state index contributed by atoms with van der Waals surface area (Å²) in [4.78, 5) is 0. The lowest BCUT2D eigenvalue weighted by Gasteiger charge is -2.38. The molecule has 0 spiro atoms. The minimum atomic E-state index is -0.424. The molecular formula is C37H30. The number of hydrogen-bond donors (Lipinski definition) is 0. The molecule has 0 aliphatic heterocycles. The first kappa shape index (κ1) is 23.0. The van der Waals surface area contributed by atoms with Gasteiger partial charge in [0.25, 0.3) is 0 Å². The van der Waals surface area contributed by atoms with Crippen LogP contribution in [0.15, 0.2) is 147 Å². The van der Waals surface area contributed by atoms with Gasteiger partial charge in [0.05, 0.1) is 5.41 Å². The van der Waals surface area contributed by atoms with E-state index in [0.717, 1.165) is 24.0 Å². The van der Waals surface area contributed by atoms with Crippen LogP contribution in [0.4, 0.5) is 0 Å². The zero-order valence-corrected chi connectivity index (χ0v) is 21.0. The monoisotopic (exact) mass is 474 g/mol. The number of rotatable bonds is 5. The van der Waals surface area contributed by atoms with E-state index in [2.05, 4.69) is 141 Å². The molecule has 0 radical (unpaired) electrons. The topological polar surface area (TPSA) is 0 Å². The van der Waals surface area contributed by atoms with Crippen molar-refractivity contribution in [1.29, 1.82) is 0 Å². The Morgan fingerprint density at radius 3 is 1.54 bits per heavy atom. The highest BCUT2D eigenvalue weighted by Crippen LogP contribution is 2.49. The second-order valence-corrected chi connectivity index (χ2v) is 9.81. The van der Waals surface area contributed by atoms with Crippen LogP contribution in [0.5, 0.6) is 0 Å². The number of hydrogen-bond acceptors (Lipinski definition) is 0. The van der Waals surface area contributed by atoms with Crippen molar-refractivity contribution >= 4 is 5.57 Å². The van der Waals surface area contributed by atoms with Crippen LogP contribution in [0.2, 0.25) is 0 Å². The second-order valence-electron chi connectivity index (χ2n) is 9.81. The highest BCUT2D eigenvalue weighted by Gasteiger charge is 2.42. The average molecular weight is 475 g/mol. The predicted octanol–water partition coefficient (Wildman–Crippen LogP) is 9.03. The van der Waals surface area contributed by atoms with Crippen LogP contribution in [-0.4, -0.2) is 0 Å². The predicted molar refractivity (Wildman–Crippen MR) is 157 cm³/mol. The Morgan fingerprint density at radius 2 is 1.00 bits per heavy atom. The molecule has 6 rings (SSSR count). The maximum Gasteiger partial charge on any atom is 0.0706 e. The number of aryl methyl sites for hydroxylation is 2. The van der Waals surface area contributed by atoms with Gasteiger partial charge in [-0.2, -0.15) is 0 Å². The van der Waals surface area contributed by atoms with Crippen LogP contribution in [-0.2, 0) is 18.3 Å². The molecule has 0 fully saturated rings. The fraction of sp³-hybridized carbons (Fsp3) is 0.0811. The van der Waals surface area contributed by atoms with Gasteiger partial charge in [0.1, 0.15) is 0 Å². The molecule has 5 aromatic carbocycles. The van der Waals surface area contributed by atoms with Gasteiger partial charge in [-0.3, -0.25) is 0 Å². The van der Waals surface area contributed by atoms with Crippen LogP contribution in [0.1, 0.15) is 38.9 Å². The van der Waals surface area contributed by atoms with Gasteiger partial charge in [-0.25, -0.2) is 0 Å². The first-order valence-electron chi connectivity index (χ1n) is 13.0. The first-order valence-corrected chi connectivity index (χ1v) is 13.0. The Balaban J connectivity index is 1.66. The number of fused-ring (bicyclic) bond motifs is 2. The Kier molecular flexibility index (Phi) is 5.94. The lowest BCUT2D eigenvalue weighted by atomic mass is 9.63. The molecule has 5 aromatic rings. The summed E-state index contributed by atoms with van der Waals surface area (Å²) >= 11 is 0. The van der Waals surface area contributed by atoms with Crippen LogP contribution >= 0.6 is 0 Å². The van der Waals surface area contributed by atoms with Crippen LogP contribution in [0.25, 0.3) is 16.7 Å². The number of allylic oxidation sites excluding steroid dienone is 2. The van der Waals surface area contributed by atoms with E-state index < -0.39 is 5.41 Å². The van der Waals surface area contributed by atoms with Gasteiger partial charge in [-0.05, 0) is 68.5 Å². The minimum Gasteiger partial charge on any atom is -0.0985 e. The van der Waals surface area contributed by atoms with Crippen molar-refractivity contribution in [3.05, 3.63) is 186 Å². The summed E-state index contributed by atoms with van der Waals surface area (Å²) in [6, 6.07) is 46.8. The third-order valence-electron chi connectivity index (χ3n) is 7.87. The van der Waals surface area contributed by atoms with Gasteiger partial charge >= 0.3 is 0 Å². The minimum absolute atomic E-state index is 0.424. The van der Waals surface area contributed by atoms with Crippen molar-refractivity contribution in [2.75, 3.05) is 0 Å². The molecule has 37 heavy (non-hydrogen) atoms. The third-order valence-corrected chi connectivity index (χ3v) is 7.87. The SMILES string of the molecule is C=CC(=C)c1ccc(C2(c3ccc(-c4ccccc4)cc3)c3ccccc3CCc3ccccc32)cc1. The highest BCUT2D eigenvalue weighted by molar-refractivity contribution is 5.73. The van der Waals surface area contributed by atoms with Gasteiger partial charge in [-0.15, -0.1) is 0 Å². The van der Waals surface area contributed by atoms with Gasteiger partial charge in [0, 0.05) is 0 Å². The van der Waals surface area contributed by atoms with E-state index in [1.54, 1.807) is 0 Å². The van der Waals surface area contributed by atoms with E-state index in [9.17, 15) is 0 Å². The molecule has 1 aliphatic rings. The third kappa shape index (κ3) is 3.86. The van der Waals surface area contributed by atoms with E-state index in [4.69, 9.17) is 0 Å². The van der Waals surface area contributed by atoms with Gasteiger partial charge in [0.15, 0.2) is 0 Å². The molecule has 0 saturated heterocycles. The van der Waals surface area contributed by atoms with E-state index in [0.29, 0.717) is 0 Å². The van der Waals surface area contributed by atoms with Crippen LogP contribution < -0.4 is 0 Å². The van der Waals surface area contributed by atoms with Gasteiger partial charge in [-0.1, -0.05) is 147 Å². The van der Waals surface area contributed by atoms with Gasteiger partial charge in [0.2, 0.25) is 0 Å². The highest BCUT2D eigenvalue weighted by atomic mass is 14.4. The molecular weight excluding hydrogens is 444 g/mol. The van der Waals surface area contributed by atoms with Gasteiger partial charge < -0.3 is 0 Å². The molecule has 0 aromatic heterocycles. The quantitative estimate of drug-likeness (QED) is 0.223. The zero-order valence-electron chi connectivity index (χ0n) is 21.0. The fourth-order valence-electron chi connectivity index (χ4n) is 6.01. The zero-order chi connectivity index (χ0) is 25.2. The number of benzene rings is 5. The van der Waals surface area contributed by atoms with Crippen molar-refractivity contribution in [2.24, 2.45) is 0 Å². The molecule has 0 saturated carbocycles. The molecule has 178 valence electrons. The Hall–Kier alpha value is -4.42. The molecule has 0 nitrogen and oxygen atoms in total. The molecule has 0 unspecified atom stereocenters. The lowest BCUT2D eigenvalue weighted by molar-refractivity contribution is 0.739. The smallest absolute Gasteiger partial charge is 0.0706 e. The summed E-state index contributed by atoms with van der Waals surface area (Å²) in [5.74, 6) is 0. The summed E-state index contributed by atoms with van der Waals surface area (Å²) in [6.07, 6.45) is 3.88. The Labute approximate surface area is 220 Å². The van der Waals surface area contributed by atoms with Crippen molar-refractivity contribution in [1.82, 2.24) is 0 Å². The van der Waals surface area contributed by atoms with Crippen molar-refractivity contribution in [3.63, 3.8) is 0 Å². The largest absolute Gasteiger partial charge is 0.0985 e. The Bertz CT molecular complexity index is 1520. The van der Waals surface area contributed by atoms with Crippen molar-refractivity contribution < 1.29 is 0 Å². The maximum atomic E-state index is 4.17. The summed E-state index contributed by atoms with van der Waals surface area (Å²) in [5, 5.41) is 0. The second kappa shape index (κ2) is 9.56. The standard InChI is InChI=1S/C37H30/c1-3-27(2)28-19-23-33(24-20-28)37(34-25-21-30(22-26-34)29-11-5-4-6-12-29)35-15-9-7-13-31(35)17-18-32-14-8-10-16-36(32)37/h3-16,19-26H,1-2,17-18H2. The van der Waals surface area contributed by atoms with Crippen LogP contribution in [0, 0.1) is 0 Å². The van der Waals surface area contributed by atoms with E-state index in [-0.39, 0.29) is 0 Å². The van der Waals surface area contributed by atoms with Crippen molar-refractivity contribution in [2.45, 2.75) is 18.3 Å². The molecule has 0 amide bonds. The molecule has 1 aliphatic carbocycles. The summed E-state index contributed by atoms with van der Waals surface area (Å²) in [7, 11) is 0. The molecule has 0 atom stereocenters. The summed E-state index contributed by atoms with van der Waals surface area (Å²) < 4.78 is 0. The average Bonchev–Trinajstić information content (AvgIpc) is 3.13. The van der Waals surface area contributed by atoms with E-state index in [1.807, 2.05) is 6.08 Å². The normalized spacial score (nSPS) is 13.6. The lowest BCUT2D eigenvalue weighted by Crippen LogP contribution is -2.32. The molecule has 0 N–H and O–H groups in total. The molecule has 0 heteroatoms. The van der Waals surface area contributed by atoms with E-state index in [1.165, 1.54) is 44.5 Å². The molecule has 0 heterocycles. The van der Waals surface area contributed by atoms with Crippen molar-refractivity contribution in [3.8, 4) is 11.1 Å². The molecule has 0 bridgehead atoms. The first-order chi connectivity index (χ1) is 18.2. The summed E-state index contributed by atoms with van der Waals surface area (Å²) in [6.45, 7) is 8.08. The fourth-order valence-corrected chi connectivity index (χ4v) is 6.01. The maximum absolute atomic E-state index is 4.17.